The van der Waals surface area contributed by atoms with Crippen LogP contribution in [0.3, 0.4) is 0 Å². The molecule has 18 heavy (non-hydrogen) atoms. The van der Waals surface area contributed by atoms with Crippen LogP contribution in [0.4, 0.5) is 0 Å². The fourth-order valence-corrected chi connectivity index (χ4v) is 3.27. The van der Waals surface area contributed by atoms with E-state index in [0.29, 0.717) is 12.1 Å². The van der Waals surface area contributed by atoms with Gasteiger partial charge in [-0.05, 0) is 82.3 Å². The highest BCUT2D eigenvalue weighted by Gasteiger charge is 2.21. The van der Waals surface area contributed by atoms with Gasteiger partial charge in [-0.25, -0.2) is 0 Å². The molecule has 0 aliphatic heterocycles. The minimum Gasteiger partial charge on any atom is -0.328 e. The first kappa shape index (κ1) is 14.5. The zero-order valence-corrected chi connectivity index (χ0v) is 13.9. The summed E-state index contributed by atoms with van der Waals surface area (Å²) in [5.74, 6) is 0. The first-order valence-electron chi connectivity index (χ1n) is 6.46. The summed E-state index contributed by atoms with van der Waals surface area (Å²) in [6.07, 6.45) is 4.79. The Morgan fingerprint density at radius 1 is 1.17 bits per heavy atom. The molecule has 100 valence electrons. The van der Waals surface area contributed by atoms with Crippen LogP contribution in [0.2, 0.25) is 0 Å². The number of benzene rings is 1. The van der Waals surface area contributed by atoms with Crippen LogP contribution in [-0.2, 0) is 6.54 Å². The fraction of sp³-hybridized carbons (Fsp3) is 0.571. The number of halogens is 2. The Kier molecular flexibility index (Phi) is 5.24. The topological polar surface area (TPSA) is 29.3 Å². The Hall–Kier alpha value is 0.1000. The van der Waals surface area contributed by atoms with E-state index in [1.807, 2.05) is 0 Å². The number of hydrogen-bond donors (Lipinski definition) is 1. The van der Waals surface area contributed by atoms with Gasteiger partial charge >= 0.3 is 0 Å². The molecule has 0 radical (unpaired) electrons. The minimum atomic E-state index is 0.427. The van der Waals surface area contributed by atoms with Crippen LogP contribution in [0, 0.1) is 0 Å². The second-order valence-electron chi connectivity index (χ2n) is 5.23. The zero-order chi connectivity index (χ0) is 13.1. The molecule has 0 spiro atoms. The van der Waals surface area contributed by atoms with Crippen LogP contribution in [-0.4, -0.2) is 24.0 Å². The number of nitrogens with two attached hydrogens (primary N) is 1. The molecule has 1 aliphatic rings. The second-order valence-corrected chi connectivity index (χ2v) is 6.94. The van der Waals surface area contributed by atoms with Crippen LogP contribution in [0.5, 0.6) is 0 Å². The van der Waals surface area contributed by atoms with Crippen LogP contribution >= 0.6 is 31.9 Å². The zero-order valence-electron chi connectivity index (χ0n) is 10.7. The highest BCUT2D eigenvalue weighted by atomic mass is 79.9. The van der Waals surface area contributed by atoms with Crippen molar-refractivity contribution in [2.75, 3.05) is 7.05 Å². The standard InChI is InChI=1S/C14H20Br2N2/c1-18(12-5-3-11(17)4-6-12)9-10-2-7-13(15)14(16)8-10/h2,7-8,11-12H,3-6,9,17H2,1H3. The third-order valence-corrected chi connectivity index (χ3v) is 5.66. The van der Waals surface area contributed by atoms with Gasteiger partial charge in [0.15, 0.2) is 0 Å². The van der Waals surface area contributed by atoms with Gasteiger partial charge in [-0.2, -0.15) is 0 Å². The van der Waals surface area contributed by atoms with Crippen molar-refractivity contribution in [3.8, 4) is 0 Å². The maximum Gasteiger partial charge on any atom is 0.0320 e. The lowest BCUT2D eigenvalue weighted by Gasteiger charge is -2.33. The van der Waals surface area contributed by atoms with E-state index in [9.17, 15) is 0 Å². The normalized spacial score (nSPS) is 24.5. The van der Waals surface area contributed by atoms with Gasteiger partial charge in [0.1, 0.15) is 0 Å². The maximum atomic E-state index is 5.96. The van der Waals surface area contributed by atoms with Gasteiger partial charge < -0.3 is 5.73 Å². The first-order valence-corrected chi connectivity index (χ1v) is 8.04. The van der Waals surface area contributed by atoms with Crippen molar-refractivity contribution in [1.29, 1.82) is 0 Å². The Balaban J connectivity index is 1.94. The maximum absolute atomic E-state index is 5.96. The highest BCUT2D eigenvalue weighted by Crippen LogP contribution is 2.26. The van der Waals surface area contributed by atoms with Crippen molar-refractivity contribution in [1.82, 2.24) is 4.90 Å². The summed E-state index contributed by atoms with van der Waals surface area (Å²) in [5.41, 5.74) is 7.31. The van der Waals surface area contributed by atoms with Gasteiger partial charge in [0.2, 0.25) is 0 Å². The van der Waals surface area contributed by atoms with E-state index in [-0.39, 0.29) is 0 Å². The quantitative estimate of drug-likeness (QED) is 0.867. The summed E-state index contributed by atoms with van der Waals surface area (Å²) < 4.78 is 2.23. The molecule has 2 rings (SSSR count). The van der Waals surface area contributed by atoms with Crippen LogP contribution in [0.25, 0.3) is 0 Å². The van der Waals surface area contributed by atoms with E-state index < -0.39 is 0 Å². The van der Waals surface area contributed by atoms with Gasteiger partial charge in [-0.1, -0.05) is 6.07 Å². The molecule has 4 heteroatoms. The molecular weight excluding hydrogens is 356 g/mol. The lowest BCUT2D eigenvalue weighted by molar-refractivity contribution is 0.176. The molecule has 1 fully saturated rings. The van der Waals surface area contributed by atoms with Crippen LogP contribution < -0.4 is 5.73 Å². The average molecular weight is 376 g/mol. The van der Waals surface area contributed by atoms with Crippen LogP contribution in [0.1, 0.15) is 31.2 Å². The molecule has 0 aromatic heterocycles. The van der Waals surface area contributed by atoms with E-state index in [1.54, 1.807) is 0 Å². The largest absolute Gasteiger partial charge is 0.328 e. The van der Waals surface area contributed by atoms with Crippen molar-refractivity contribution in [2.45, 2.75) is 44.3 Å². The van der Waals surface area contributed by atoms with E-state index in [0.717, 1.165) is 15.5 Å². The van der Waals surface area contributed by atoms with Crippen molar-refractivity contribution >= 4 is 31.9 Å². The molecule has 2 N–H and O–H groups in total. The minimum absolute atomic E-state index is 0.427. The molecular formula is C14H20Br2N2. The smallest absolute Gasteiger partial charge is 0.0320 e. The lowest BCUT2D eigenvalue weighted by Crippen LogP contribution is -2.38. The van der Waals surface area contributed by atoms with Gasteiger partial charge in [0.05, 0.1) is 0 Å². The number of rotatable bonds is 3. The van der Waals surface area contributed by atoms with Gasteiger partial charge in [0.25, 0.3) is 0 Å². The molecule has 1 saturated carbocycles. The molecule has 2 nitrogen and oxygen atoms in total. The average Bonchev–Trinajstić information content (AvgIpc) is 2.34. The SMILES string of the molecule is CN(Cc1ccc(Br)c(Br)c1)C1CCC(N)CC1. The predicted octanol–water partition coefficient (Wildman–Crippen LogP) is 3.91. The molecule has 0 saturated heterocycles. The van der Waals surface area contributed by atoms with Crippen molar-refractivity contribution in [3.05, 3.63) is 32.7 Å². The van der Waals surface area contributed by atoms with E-state index in [2.05, 4.69) is 62.0 Å². The van der Waals surface area contributed by atoms with E-state index in [4.69, 9.17) is 5.73 Å². The molecule has 0 atom stereocenters. The highest BCUT2D eigenvalue weighted by molar-refractivity contribution is 9.13. The van der Waals surface area contributed by atoms with E-state index >= 15 is 0 Å². The third kappa shape index (κ3) is 3.80. The molecule has 0 amide bonds. The molecule has 0 unspecified atom stereocenters. The molecule has 0 bridgehead atoms. The predicted molar refractivity (Wildman–Crippen MR) is 83.5 cm³/mol. The van der Waals surface area contributed by atoms with Crippen LogP contribution in [0.15, 0.2) is 27.1 Å². The third-order valence-electron chi connectivity index (χ3n) is 3.78. The fourth-order valence-electron chi connectivity index (χ4n) is 2.60. The molecule has 0 heterocycles. The Morgan fingerprint density at radius 3 is 2.44 bits per heavy atom. The van der Waals surface area contributed by atoms with Gasteiger partial charge in [0, 0.05) is 27.6 Å². The second kappa shape index (κ2) is 6.51. The first-order chi connectivity index (χ1) is 8.56. The lowest BCUT2D eigenvalue weighted by atomic mass is 9.91. The number of hydrogen-bond acceptors (Lipinski definition) is 2. The monoisotopic (exact) mass is 374 g/mol. The van der Waals surface area contributed by atoms with Crippen molar-refractivity contribution < 1.29 is 0 Å². The summed E-state index contributed by atoms with van der Waals surface area (Å²) in [6, 6.07) is 7.59. The van der Waals surface area contributed by atoms with Gasteiger partial charge in [-0.15, -0.1) is 0 Å². The summed E-state index contributed by atoms with van der Waals surface area (Å²) in [7, 11) is 2.22. The van der Waals surface area contributed by atoms with Gasteiger partial charge in [-0.3, -0.25) is 4.90 Å². The Labute approximate surface area is 126 Å². The summed E-state index contributed by atoms with van der Waals surface area (Å²) in [6.45, 7) is 1.01. The Bertz CT molecular complexity index is 401. The van der Waals surface area contributed by atoms with E-state index in [1.165, 1.54) is 31.2 Å². The molecule has 1 aliphatic carbocycles. The number of nitrogens with zero attached hydrogens (tertiary/aromatic N) is 1. The summed E-state index contributed by atoms with van der Waals surface area (Å²) in [5, 5.41) is 0. The molecule has 1 aromatic rings. The van der Waals surface area contributed by atoms with Crippen molar-refractivity contribution in [3.63, 3.8) is 0 Å². The van der Waals surface area contributed by atoms with Crippen molar-refractivity contribution in [2.24, 2.45) is 5.73 Å². The molecule has 1 aromatic carbocycles. The summed E-state index contributed by atoms with van der Waals surface area (Å²) >= 11 is 7.06. The Morgan fingerprint density at radius 2 is 1.83 bits per heavy atom. The summed E-state index contributed by atoms with van der Waals surface area (Å²) in [4.78, 5) is 2.46.